The molecule has 0 aromatic heterocycles. The lowest BCUT2D eigenvalue weighted by Gasteiger charge is -2.47. The van der Waals surface area contributed by atoms with E-state index in [0.717, 1.165) is 24.4 Å². The summed E-state index contributed by atoms with van der Waals surface area (Å²) >= 11 is 0. The average Bonchev–Trinajstić information content (AvgIpc) is 2.61. The number of hydrogen-bond donors (Lipinski definition) is 1. The second-order valence-corrected chi connectivity index (χ2v) is 7.49. The van der Waals surface area contributed by atoms with Gasteiger partial charge in [-0.2, -0.15) is 0 Å². The Morgan fingerprint density at radius 2 is 1.58 bits per heavy atom. The van der Waals surface area contributed by atoms with E-state index in [9.17, 15) is 0 Å². The van der Waals surface area contributed by atoms with E-state index in [1.165, 1.54) is 57.8 Å². The van der Waals surface area contributed by atoms with Gasteiger partial charge >= 0.3 is 0 Å². The molecule has 112 valence electrons. The fourth-order valence-corrected chi connectivity index (χ4v) is 4.28. The van der Waals surface area contributed by atoms with Crippen molar-refractivity contribution in [2.75, 3.05) is 13.6 Å². The minimum absolute atomic E-state index is 0.302. The predicted octanol–water partition coefficient (Wildman–Crippen LogP) is 3.79. The van der Waals surface area contributed by atoms with Gasteiger partial charge in [0.25, 0.3) is 0 Å². The van der Waals surface area contributed by atoms with Crippen LogP contribution in [-0.4, -0.2) is 30.1 Å². The maximum atomic E-state index is 6.25. The molecular formula is C17H34N2. The zero-order chi connectivity index (χ0) is 13.9. The number of hydrogen-bond acceptors (Lipinski definition) is 2. The first kappa shape index (κ1) is 15.3. The summed E-state index contributed by atoms with van der Waals surface area (Å²) in [5, 5.41) is 0. The van der Waals surface area contributed by atoms with Gasteiger partial charge in [0.15, 0.2) is 0 Å². The van der Waals surface area contributed by atoms with E-state index in [2.05, 4.69) is 25.8 Å². The summed E-state index contributed by atoms with van der Waals surface area (Å²) < 4.78 is 0. The highest BCUT2D eigenvalue weighted by Crippen LogP contribution is 2.37. The first-order valence-corrected chi connectivity index (χ1v) is 8.50. The van der Waals surface area contributed by atoms with E-state index in [1.54, 1.807) is 0 Å². The number of nitrogens with two attached hydrogens (primary N) is 1. The number of nitrogens with zero attached hydrogens (tertiary/aromatic N) is 1. The molecule has 2 atom stereocenters. The minimum atomic E-state index is 0.302. The van der Waals surface area contributed by atoms with Crippen molar-refractivity contribution in [1.29, 1.82) is 0 Å². The molecule has 0 aliphatic heterocycles. The van der Waals surface area contributed by atoms with Gasteiger partial charge in [-0.3, -0.25) is 4.90 Å². The summed E-state index contributed by atoms with van der Waals surface area (Å²) in [6.07, 6.45) is 12.3. The molecule has 0 amide bonds. The molecule has 0 saturated heterocycles. The molecule has 2 fully saturated rings. The Morgan fingerprint density at radius 3 is 2.21 bits per heavy atom. The fraction of sp³-hybridized carbons (Fsp3) is 1.00. The first-order chi connectivity index (χ1) is 9.07. The Balaban J connectivity index is 2.02. The lowest BCUT2D eigenvalue weighted by atomic mass is 9.81. The Bertz CT molecular complexity index is 270. The van der Waals surface area contributed by atoms with Crippen molar-refractivity contribution in [3.05, 3.63) is 0 Å². The van der Waals surface area contributed by atoms with Crippen LogP contribution >= 0.6 is 0 Å². The molecule has 0 bridgehead atoms. The molecule has 2 N–H and O–H groups in total. The molecule has 0 spiro atoms. The smallest absolute Gasteiger partial charge is 0.0331 e. The van der Waals surface area contributed by atoms with Gasteiger partial charge in [0.1, 0.15) is 0 Å². The third-order valence-electron chi connectivity index (χ3n) is 6.10. The van der Waals surface area contributed by atoms with Gasteiger partial charge in [-0.1, -0.05) is 26.7 Å². The van der Waals surface area contributed by atoms with E-state index >= 15 is 0 Å². The summed E-state index contributed by atoms with van der Waals surface area (Å²) in [7, 11) is 2.36. The van der Waals surface area contributed by atoms with Gasteiger partial charge < -0.3 is 5.73 Å². The summed E-state index contributed by atoms with van der Waals surface area (Å²) in [4.78, 5) is 2.71. The van der Waals surface area contributed by atoms with Gasteiger partial charge in [0.2, 0.25) is 0 Å². The molecule has 19 heavy (non-hydrogen) atoms. The number of likely N-dealkylation sites (N-methyl/N-ethyl adjacent to an activating group) is 1. The van der Waals surface area contributed by atoms with Crippen molar-refractivity contribution >= 4 is 0 Å². The molecule has 2 nitrogen and oxygen atoms in total. The molecule has 2 saturated carbocycles. The van der Waals surface area contributed by atoms with Crippen LogP contribution in [0, 0.1) is 11.8 Å². The lowest BCUT2D eigenvalue weighted by molar-refractivity contribution is 0.0382. The lowest BCUT2D eigenvalue weighted by Crippen LogP contribution is -2.56. The van der Waals surface area contributed by atoms with E-state index in [-0.39, 0.29) is 0 Å². The van der Waals surface area contributed by atoms with Crippen LogP contribution < -0.4 is 5.73 Å². The zero-order valence-electron chi connectivity index (χ0n) is 13.3. The second-order valence-electron chi connectivity index (χ2n) is 7.49. The maximum Gasteiger partial charge on any atom is 0.0331 e. The van der Waals surface area contributed by atoms with Crippen molar-refractivity contribution in [3.63, 3.8) is 0 Å². The third kappa shape index (κ3) is 3.52. The molecule has 0 heterocycles. The standard InChI is InChI=1S/C17H34N2/c1-14-5-4-11-17(13-18,12-10-14)19(3)16-8-6-15(2)7-9-16/h14-16H,4-13,18H2,1-3H3. The summed E-state index contributed by atoms with van der Waals surface area (Å²) in [5.74, 6) is 1.83. The van der Waals surface area contributed by atoms with E-state index in [0.29, 0.717) is 5.54 Å². The maximum absolute atomic E-state index is 6.25. The van der Waals surface area contributed by atoms with Gasteiger partial charge in [0.05, 0.1) is 0 Å². The SMILES string of the molecule is CC1CCC(N(C)C2(CN)CCCC(C)CC2)CC1. The Kier molecular flexibility index (Phi) is 5.30. The molecule has 2 unspecified atom stereocenters. The van der Waals surface area contributed by atoms with Gasteiger partial charge in [-0.15, -0.1) is 0 Å². The molecule has 0 aromatic rings. The molecule has 0 aromatic carbocycles. The van der Waals surface area contributed by atoms with Crippen molar-refractivity contribution in [1.82, 2.24) is 4.90 Å². The van der Waals surface area contributed by atoms with E-state index < -0.39 is 0 Å². The van der Waals surface area contributed by atoms with Crippen LogP contribution in [0.15, 0.2) is 0 Å². The molecule has 2 rings (SSSR count). The van der Waals surface area contributed by atoms with Gasteiger partial charge in [0, 0.05) is 18.1 Å². The highest BCUT2D eigenvalue weighted by Gasteiger charge is 2.38. The van der Waals surface area contributed by atoms with E-state index in [4.69, 9.17) is 5.73 Å². The number of rotatable bonds is 3. The third-order valence-corrected chi connectivity index (χ3v) is 6.10. The Hall–Kier alpha value is -0.0800. The van der Waals surface area contributed by atoms with Crippen molar-refractivity contribution in [2.45, 2.75) is 83.2 Å². The van der Waals surface area contributed by atoms with E-state index in [1.807, 2.05) is 0 Å². The molecular weight excluding hydrogens is 232 g/mol. The largest absolute Gasteiger partial charge is 0.329 e. The summed E-state index contributed by atoms with van der Waals surface area (Å²) in [6.45, 7) is 5.67. The second kappa shape index (κ2) is 6.58. The highest BCUT2D eigenvalue weighted by molar-refractivity contribution is 4.96. The average molecular weight is 266 g/mol. The fourth-order valence-electron chi connectivity index (χ4n) is 4.28. The monoisotopic (exact) mass is 266 g/mol. The predicted molar refractivity (Wildman–Crippen MR) is 83.2 cm³/mol. The summed E-state index contributed by atoms with van der Waals surface area (Å²) in [6, 6.07) is 0.785. The van der Waals surface area contributed by atoms with Crippen LogP contribution in [-0.2, 0) is 0 Å². The van der Waals surface area contributed by atoms with Crippen LogP contribution in [0.1, 0.15) is 71.6 Å². The van der Waals surface area contributed by atoms with Crippen molar-refractivity contribution in [3.8, 4) is 0 Å². The normalized spacial score (nSPS) is 41.2. The van der Waals surface area contributed by atoms with Crippen LogP contribution in [0.3, 0.4) is 0 Å². The van der Waals surface area contributed by atoms with Gasteiger partial charge in [-0.25, -0.2) is 0 Å². The molecule has 2 heteroatoms. The Labute approximate surface area is 120 Å². The van der Waals surface area contributed by atoms with Crippen LogP contribution in [0.4, 0.5) is 0 Å². The van der Waals surface area contributed by atoms with Gasteiger partial charge in [-0.05, 0) is 63.8 Å². The topological polar surface area (TPSA) is 29.3 Å². The molecule has 0 radical (unpaired) electrons. The summed E-state index contributed by atoms with van der Waals surface area (Å²) in [5.41, 5.74) is 6.55. The Morgan fingerprint density at radius 1 is 0.947 bits per heavy atom. The first-order valence-electron chi connectivity index (χ1n) is 8.50. The van der Waals surface area contributed by atoms with Crippen LogP contribution in [0.25, 0.3) is 0 Å². The van der Waals surface area contributed by atoms with Crippen molar-refractivity contribution in [2.24, 2.45) is 17.6 Å². The quantitative estimate of drug-likeness (QED) is 0.787. The van der Waals surface area contributed by atoms with Crippen LogP contribution in [0.2, 0.25) is 0 Å². The van der Waals surface area contributed by atoms with Crippen LogP contribution in [0.5, 0.6) is 0 Å². The van der Waals surface area contributed by atoms with Crippen molar-refractivity contribution < 1.29 is 0 Å². The molecule has 2 aliphatic carbocycles. The highest BCUT2D eigenvalue weighted by atomic mass is 15.2. The molecule has 2 aliphatic rings. The minimum Gasteiger partial charge on any atom is -0.329 e. The zero-order valence-corrected chi connectivity index (χ0v) is 13.3.